The number of halogens is 6. The molecule has 4 atom stereocenters. The van der Waals surface area contributed by atoms with Gasteiger partial charge in [-0.1, -0.05) is 36.4 Å². The standard InChI is InChI=1S/C17H20F3NO4.C15H18F3NO2/c1-24-15(22)12-6-7-21(16(23)25-2)14(10-12)9-11-4-3-5-13(8-11)17(18,19)20;1-21-14(20)11-5-6-19-13(9-11)8-10-3-2-4-12(7-10)15(16,17)18/h3-5,8,12,14H,6-7,9-10H2,1-2H3;2-4,7,11,13,19H,5-6,8-9H2,1H3. The quantitative estimate of drug-likeness (QED) is 0.229. The van der Waals surface area contributed by atoms with Crippen LogP contribution in [0.4, 0.5) is 31.1 Å². The van der Waals surface area contributed by atoms with Crippen LogP contribution in [0.15, 0.2) is 48.5 Å². The van der Waals surface area contributed by atoms with Gasteiger partial charge in [-0.15, -0.1) is 0 Å². The lowest BCUT2D eigenvalue weighted by atomic mass is 9.87. The Labute approximate surface area is 263 Å². The summed E-state index contributed by atoms with van der Waals surface area (Å²) < 4.78 is 90.9. The van der Waals surface area contributed by atoms with Gasteiger partial charge in [0.1, 0.15) is 0 Å². The summed E-state index contributed by atoms with van der Waals surface area (Å²) in [6.45, 7) is 0.958. The maximum absolute atomic E-state index is 12.9. The molecule has 2 heterocycles. The predicted octanol–water partition coefficient (Wildman–Crippen LogP) is 6.06. The van der Waals surface area contributed by atoms with Crippen LogP contribution in [0.2, 0.25) is 0 Å². The summed E-state index contributed by atoms with van der Waals surface area (Å²) in [4.78, 5) is 36.7. The lowest BCUT2D eigenvalue weighted by Gasteiger charge is -2.37. The third-order valence-corrected chi connectivity index (χ3v) is 8.15. The number of likely N-dealkylation sites (tertiary alicyclic amines) is 1. The number of amides is 1. The summed E-state index contributed by atoms with van der Waals surface area (Å²) in [6.07, 6.45) is -6.61. The molecule has 2 aliphatic rings. The van der Waals surface area contributed by atoms with Crippen molar-refractivity contribution < 1.29 is 54.9 Å². The van der Waals surface area contributed by atoms with Crippen LogP contribution in [0.5, 0.6) is 0 Å². The van der Waals surface area contributed by atoms with Gasteiger partial charge in [-0.25, -0.2) is 4.79 Å². The Balaban J connectivity index is 0.000000254. The molecule has 0 bridgehead atoms. The minimum atomic E-state index is -4.43. The zero-order valence-electron chi connectivity index (χ0n) is 25.7. The smallest absolute Gasteiger partial charge is 0.416 e. The number of hydrogen-bond acceptors (Lipinski definition) is 7. The Kier molecular flexibility index (Phi) is 12.9. The van der Waals surface area contributed by atoms with Crippen molar-refractivity contribution in [2.24, 2.45) is 11.8 Å². The van der Waals surface area contributed by atoms with Gasteiger partial charge in [-0.3, -0.25) is 9.59 Å². The molecular formula is C32H38F6N2O6. The van der Waals surface area contributed by atoms with Crippen LogP contribution >= 0.6 is 0 Å². The van der Waals surface area contributed by atoms with Crippen molar-refractivity contribution in [3.63, 3.8) is 0 Å². The van der Waals surface area contributed by atoms with Crippen LogP contribution in [0.25, 0.3) is 0 Å². The van der Waals surface area contributed by atoms with Crippen molar-refractivity contribution in [3.8, 4) is 0 Å². The van der Waals surface area contributed by atoms with E-state index in [0.29, 0.717) is 49.8 Å². The highest BCUT2D eigenvalue weighted by atomic mass is 19.4. The number of carbonyl (C=O) groups is 3. The Hall–Kier alpha value is -3.81. The van der Waals surface area contributed by atoms with Crippen LogP contribution in [0, 0.1) is 11.8 Å². The average Bonchev–Trinajstić information content (AvgIpc) is 3.03. The highest BCUT2D eigenvalue weighted by molar-refractivity contribution is 5.74. The molecule has 0 aliphatic carbocycles. The summed E-state index contributed by atoms with van der Waals surface area (Å²) in [5, 5.41) is 3.25. The molecule has 1 amide bonds. The van der Waals surface area contributed by atoms with Gasteiger partial charge in [0.15, 0.2) is 0 Å². The summed E-state index contributed by atoms with van der Waals surface area (Å²) >= 11 is 0. The average molecular weight is 661 g/mol. The molecule has 0 radical (unpaired) electrons. The zero-order chi connectivity index (χ0) is 34.1. The van der Waals surface area contributed by atoms with Gasteiger partial charge in [0, 0.05) is 18.6 Å². The van der Waals surface area contributed by atoms with E-state index in [9.17, 15) is 40.7 Å². The van der Waals surface area contributed by atoms with Crippen LogP contribution in [0.1, 0.15) is 47.9 Å². The first-order valence-electron chi connectivity index (χ1n) is 14.7. The topological polar surface area (TPSA) is 94.2 Å². The van der Waals surface area contributed by atoms with Gasteiger partial charge >= 0.3 is 30.4 Å². The molecular weight excluding hydrogens is 622 g/mol. The van der Waals surface area contributed by atoms with E-state index in [1.807, 2.05) is 0 Å². The molecule has 0 aromatic heterocycles. The SMILES string of the molecule is COC(=O)C1CCN(C(=O)OC)C(Cc2cccc(C(F)(F)F)c2)C1.COC(=O)C1CCNC(Cc2cccc(C(F)(F)F)c2)C1. The molecule has 2 aliphatic heterocycles. The molecule has 8 nitrogen and oxygen atoms in total. The Morgan fingerprint density at radius 3 is 1.78 bits per heavy atom. The summed E-state index contributed by atoms with van der Waals surface area (Å²) in [5.41, 5.74) is -0.317. The van der Waals surface area contributed by atoms with Gasteiger partial charge < -0.3 is 24.4 Å². The third-order valence-electron chi connectivity index (χ3n) is 8.15. The van der Waals surface area contributed by atoms with E-state index in [2.05, 4.69) is 5.32 Å². The molecule has 46 heavy (non-hydrogen) atoms. The van der Waals surface area contributed by atoms with E-state index in [4.69, 9.17) is 14.2 Å². The summed E-state index contributed by atoms with van der Waals surface area (Å²) in [7, 11) is 3.89. The van der Waals surface area contributed by atoms with Crippen molar-refractivity contribution in [1.29, 1.82) is 0 Å². The van der Waals surface area contributed by atoms with Crippen molar-refractivity contribution >= 4 is 18.0 Å². The van der Waals surface area contributed by atoms with Gasteiger partial charge in [0.05, 0.1) is 44.3 Å². The number of alkyl halides is 6. The highest BCUT2D eigenvalue weighted by Gasteiger charge is 2.37. The Bertz CT molecular complexity index is 1330. The largest absolute Gasteiger partial charge is 0.469 e. The lowest BCUT2D eigenvalue weighted by Crippen LogP contribution is -2.48. The first kappa shape index (κ1) is 36.7. The second-order valence-electron chi connectivity index (χ2n) is 11.3. The molecule has 4 rings (SSSR count). The van der Waals surface area contributed by atoms with E-state index < -0.39 is 35.6 Å². The van der Waals surface area contributed by atoms with Crippen molar-refractivity contribution in [2.75, 3.05) is 34.4 Å². The fourth-order valence-electron chi connectivity index (χ4n) is 5.83. The normalized spacial score (nSPS) is 21.8. The number of carbonyl (C=O) groups excluding carboxylic acids is 3. The fourth-order valence-corrected chi connectivity index (χ4v) is 5.83. The Morgan fingerprint density at radius 2 is 1.28 bits per heavy atom. The fraction of sp³-hybridized carbons (Fsp3) is 0.531. The number of nitrogens with zero attached hydrogens (tertiary/aromatic N) is 1. The second-order valence-corrected chi connectivity index (χ2v) is 11.3. The molecule has 2 aromatic rings. The van der Waals surface area contributed by atoms with E-state index in [1.54, 1.807) is 12.1 Å². The number of rotatable bonds is 6. The number of ether oxygens (including phenoxy) is 3. The molecule has 254 valence electrons. The number of methoxy groups -OCH3 is 3. The van der Waals surface area contributed by atoms with Crippen LogP contribution in [-0.4, -0.2) is 69.4 Å². The van der Waals surface area contributed by atoms with Gasteiger partial charge in [0.2, 0.25) is 0 Å². The zero-order valence-corrected chi connectivity index (χ0v) is 25.7. The third kappa shape index (κ3) is 10.4. The van der Waals surface area contributed by atoms with Crippen molar-refractivity contribution in [3.05, 3.63) is 70.8 Å². The van der Waals surface area contributed by atoms with Gasteiger partial charge in [0.25, 0.3) is 0 Å². The molecule has 0 saturated carbocycles. The minimum Gasteiger partial charge on any atom is -0.469 e. The van der Waals surface area contributed by atoms with E-state index >= 15 is 0 Å². The molecule has 1 N–H and O–H groups in total. The van der Waals surface area contributed by atoms with E-state index in [1.165, 1.54) is 44.4 Å². The number of nitrogens with one attached hydrogen (secondary N) is 1. The number of piperidine rings is 2. The molecule has 0 spiro atoms. The maximum Gasteiger partial charge on any atom is 0.416 e. The molecule has 2 saturated heterocycles. The molecule has 2 aromatic carbocycles. The van der Waals surface area contributed by atoms with Crippen LogP contribution < -0.4 is 5.32 Å². The molecule has 14 heteroatoms. The van der Waals surface area contributed by atoms with Crippen LogP contribution in [0.3, 0.4) is 0 Å². The first-order valence-corrected chi connectivity index (χ1v) is 14.7. The maximum atomic E-state index is 12.9. The summed E-state index contributed by atoms with van der Waals surface area (Å²) in [5.74, 6) is -1.18. The molecule has 2 fully saturated rings. The van der Waals surface area contributed by atoms with Crippen molar-refractivity contribution in [1.82, 2.24) is 10.2 Å². The lowest BCUT2D eigenvalue weighted by molar-refractivity contribution is -0.148. The predicted molar refractivity (Wildman–Crippen MR) is 154 cm³/mol. The van der Waals surface area contributed by atoms with Crippen LogP contribution in [-0.2, 0) is 49.0 Å². The number of esters is 2. The first-order chi connectivity index (χ1) is 21.7. The molecule has 4 unspecified atom stereocenters. The van der Waals surface area contributed by atoms with Gasteiger partial charge in [-0.2, -0.15) is 26.3 Å². The van der Waals surface area contributed by atoms with E-state index in [0.717, 1.165) is 18.2 Å². The number of hydrogen-bond donors (Lipinski definition) is 1. The van der Waals surface area contributed by atoms with E-state index in [-0.39, 0.29) is 42.8 Å². The second kappa shape index (κ2) is 16.1. The minimum absolute atomic E-state index is 0.00802. The Morgan fingerprint density at radius 1 is 0.761 bits per heavy atom. The summed E-state index contributed by atoms with van der Waals surface area (Å²) in [6, 6.07) is 9.86. The monoisotopic (exact) mass is 660 g/mol. The number of benzene rings is 2. The highest BCUT2D eigenvalue weighted by Crippen LogP contribution is 2.32. The van der Waals surface area contributed by atoms with Gasteiger partial charge in [-0.05, 0) is 68.3 Å². The van der Waals surface area contributed by atoms with Crippen molar-refractivity contribution in [2.45, 2.75) is 63.0 Å².